The van der Waals surface area contributed by atoms with Gasteiger partial charge in [-0.05, 0) is 24.1 Å². The van der Waals surface area contributed by atoms with Gasteiger partial charge in [-0.2, -0.15) is 0 Å². The van der Waals surface area contributed by atoms with E-state index in [0.29, 0.717) is 47.0 Å². The summed E-state index contributed by atoms with van der Waals surface area (Å²) in [4.78, 5) is 46.7. The van der Waals surface area contributed by atoms with Gasteiger partial charge in [-0.1, -0.05) is 12.1 Å². The number of rotatable bonds is 2. The molecule has 0 fully saturated rings. The number of hydrogen-bond acceptors (Lipinski definition) is 6. The summed E-state index contributed by atoms with van der Waals surface area (Å²) >= 11 is 1.37. The SMILES string of the molecule is COc1cc(C(=O)N2CCc3c(sc4c3C(=O)N(C)CC(=O)N4)C2)nc2ccccc12. The van der Waals surface area contributed by atoms with E-state index in [0.717, 1.165) is 15.8 Å². The summed E-state index contributed by atoms with van der Waals surface area (Å²) in [6, 6.07) is 9.20. The Hall–Kier alpha value is -3.46. The smallest absolute Gasteiger partial charge is 0.272 e. The zero-order valence-electron chi connectivity index (χ0n) is 17.1. The fourth-order valence-corrected chi connectivity index (χ4v) is 5.39. The summed E-state index contributed by atoms with van der Waals surface area (Å²) in [5, 5.41) is 4.26. The molecule has 0 atom stereocenters. The van der Waals surface area contributed by atoms with E-state index in [-0.39, 0.29) is 24.3 Å². The normalized spacial score (nSPS) is 15.9. The number of thiophene rings is 1. The van der Waals surface area contributed by atoms with Gasteiger partial charge in [0.05, 0.1) is 31.3 Å². The molecule has 1 aromatic carbocycles. The number of nitrogens with zero attached hydrogens (tertiary/aromatic N) is 3. The Morgan fingerprint density at radius 2 is 2.03 bits per heavy atom. The van der Waals surface area contributed by atoms with Crippen molar-refractivity contribution in [2.45, 2.75) is 13.0 Å². The highest BCUT2D eigenvalue weighted by Crippen LogP contribution is 2.39. The molecular weight excluding hydrogens is 416 g/mol. The van der Waals surface area contributed by atoms with Crippen molar-refractivity contribution in [1.82, 2.24) is 14.8 Å². The number of aromatic nitrogens is 1. The summed E-state index contributed by atoms with van der Waals surface area (Å²) in [7, 11) is 3.20. The second-order valence-electron chi connectivity index (χ2n) is 7.62. The summed E-state index contributed by atoms with van der Waals surface area (Å²) in [6.07, 6.45) is 0.549. The van der Waals surface area contributed by atoms with Gasteiger partial charge in [0.25, 0.3) is 11.8 Å². The summed E-state index contributed by atoms with van der Waals surface area (Å²) < 4.78 is 5.47. The molecule has 0 saturated carbocycles. The molecule has 2 aromatic heterocycles. The Balaban J connectivity index is 1.47. The fourth-order valence-electron chi connectivity index (χ4n) is 4.12. The minimum Gasteiger partial charge on any atom is -0.496 e. The van der Waals surface area contributed by atoms with Gasteiger partial charge in [-0.15, -0.1) is 11.3 Å². The van der Waals surface area contributed by atoms with E-state index in [1.807, 2.05) is 24.3 Å². The number of carbonyl (C=O) groups is 3. The van der Waals surface area contributed by atoms with Crippen LogP contribution < -0.4 is 10.1 Å². The van der Waals surface area contributed by atoms with Crippen LogP contribution in [0.25, 0.3) is 10.9 Å². The Kier molecular flexibility index (Phi) is 4.62. The zero-order valence-corrected chi connectivity index (χ0v) is 17.9. The van der Waals surface area contributed by atoms with Crippen LogP contribution in [-0.4, -0.2) is 59.8 Å². The van der Waals surface area contributed by atoms with E-state index in [4.69, 9.17) is 4.74 Å². The molecule has 3 aromatic rings. The predicted molar refractivity (Wildman–Crippen MR) is 117 cm³/mol. The molecule has 0 saturated heterocycles. The van der Waals surface area contributed by atoms with Crippen molar-refractivity contribution in [2.24, 2.45) is 0 Å². The van der Waals surface area contributed by atoms with Crippen LogP contribution in [0.3, 0.4) is 0 Å². The van der Waals surface area contributed by atoms with Gasteiger partial charge in [0.1, 0.15) is 16.4 Å². The third kappa shape index (κ3) is 3.21. The monoisotopic (exact) mass is 436 g/mol. The summed E-state index contributed by atoms with van der Waals surface area (Å²) in [5.74, 6) is 0.0387. The number of benzene rings is 1. The first-order chi connectivity index (χ1) is 15.0. The first-order valence-electron chi connectivity index (χ1n) is 9.89. The molecule has 0 unspecified atom stereocenters. The molecular formula is C22H20N4O4S. The number of para-hydroxylation sites is 1. The van der Waals surface area contributed by atoms with Crippen LogP contribution in [0.1, 0.15) is 31.3 Å². The second kappa shape index (κ2) is 7.35. The van der Waals surface area contributed by atoms with E-state index in [1.165, 1.54) is 16.2 Å². The third-order valence-electron chi connectivity index (χ3n) is 5.66. The Bertz CT molecular complexity index is 1250. The largest absolute Gasteiger partial charge is 0.496 e. The molecule has 8 nitrogen and oxygen atoms in total. The number of nitrogens with one attached hydrogen (secondary N) is 1. The van der Waals surface area contributed by atoms with E-state index >= 15 is 0 Å². The van der Waals surface area contributed by atoms with Crippen molar-refractivity contribution in [2.75, 3.05) is 32.6 Å². The second-order valence-corrected chi connectivity index (χ2v) is 8.73. The van der Waals surface area contributed by atoms with Gasteiger partial charge in [0.15, 0.2) is 0 Å². The van der Waals surface area contributed by atoms with Crippen LogP contribution in [0.5, 0.6) is 5.75 Å². The summed E-state index contributed by atoms with van der Waals surface area (Å²) in [5.41, 5.74) is 2.50. The highest BCUT2D eigenvalue weighted by atomic mass is 32.1. The number of ether oxygens (including phenoxy) is 1. The third-order valence-corrected chi connectivity index (χ3v) is 6.79. The average Bonchev–Trinajstić information content (AvgIpc) is 3.08. The molecule has 2 aliphatic heterocycles. The number of methoxy groups -OCH3 is 1. The lowest BCUT2D eigenvalue weighted by molar-refractivity contribution is -0.116. The Labute approximate surface area is 182 Å². The standard InChI is InChI=1S/C22H20N4O4S/c1-25-11-18(27)24-20-19(22(25)29)13-7-8-26(10-17(13)31-20)21(28)15-9-16(30-2)12-5-3-4-6-14(12)23-15/h3-6,9H,7-8,10-11H2,1-2H3,(H,24,27). The van der Waals surface area contributed by atoms with Crippen molar-refractivity contribution < 1.29 is 19.1 Å². The summed E-state index contributed by atoms with van der Waals surface area (Å²) in [6.45, 7) is 0.876. The molecule has 0 radical (unpaired) electrons. The molecule has 9 heteroatoms. The minimum atomic E-state index is -0.214. The predicted octanol–water partition coefficient (Wildman–Crippen LogP) is 2.53. The highest BCUT2D eigenvalue weighted by Gasteiger charge is 2.34. The number of amides is 3. The van der Waals surface area contributed by atoms with E-state index < -0.39 is 0 Å². The maximum atomic E-state index is 13.3. The lowest BCUT2D eigenvalue weighted by Crippen LogP contribution is -2.37. The van der Waals surface area contributed by atoms with Gasteiger partial charge in [-0.3, -0.25) is 14.4 Å². The zero-order chi connectivity index (χ0) is 21.7. The van der Waals surface area contributed by atoms with Gasteiger partial charge >= 0.3 is 0 Å². The van der Waals surface area contributed by atoms with Crippen LogP contribution in [0.4, 0.5) is 5.00 Å². The van der Waals surface area contributed by atoms with E-state index in [9.17, 15) is 14.4 Å². The number of carbonyl (C=O) groups excluding carboxylic acids is 3. The molecule has 2 aliphatic rings. The van der Waals surface area contributed by atoms with Gasteiger partial charge in [-0.25, -0.2) is 4.98 Å². The fraction of sp³-hybridized carbons (Fsp3) is 0.273. The molecule has 0 aliphatic carbocycles. The number of pyridine rings is 1. The number of hydrogen-bond donors (Lipinski definition) is 1. The lowest BCUT2D eigenvalue weighted by atomic mass is 10.0. The molecule has 3 amide bonds. The first kappa shape index (κ1) is 19.5. The van der Waals surface area contributed by atoms with Gasteiger partial charge in [0, 0.05) is 29.9 Å². The minimum absolute atomic E-state index is 0.0368. The van der Waals surface area contributed by atoms with E-state index in [1.54, 1.807) is 25.1 Å². The van der Waals surface area contributed by atoms with Crippen molar-refractivity contribution in [3.8, 4) is 5.75 Å². The van der Waals surface area contributed by atoms with Crippen LogP contribution in [-0.2, 0) is 17.8 Å². The number of fused-ring (bicyclic) bond motifs is 4. The van der Waals surface area contributed by atoms with Crippen molar-refractivity contribution >= 4 is 45.0 Å². The van der Waals surface area contributed by atoms with Crippen LogP contribution in [0.2, 0.25) is 0 Å². The average molecular weight is 436 g/mol. The maximum Gasteiger partial charge on any atom is 0.272 e. The maximum absolute atomic E-state index is 13.3. The lowest BCUT2D eigenvalue weighted by Gasteiger charge is -2.27. The molecule has 1 N–H and O–H groups in total. The number of anilines is 1. The molecule has 158 valence electrons. The molecule has 0 bridgehead atoms. The van der Waals surface area contributed by atoms with E-state index in [2.05, 4.69) is 10.3 Å². The van der Waals surface area contributed by atoms with Crippen molar-refractivity contribution in [1.29, 1.82) is 0 Å². The molecule has 0 spiro atoms. The Morgan fingerprint density at radius 3 is 2.84 bits per heavy atom. The van der Waals surface area contributed by atoms with Gasteiger partial charge < -0.3 is 19.9 Å². The quantitative estimate of drug-likeness (QED) is 0.667. The topological polar surface area (TPSA) is 91.8 Å². The van der Waals surface area contributed by atoms with Crippen LogP contribution in [0.15, 0.2) is 30.3 Å². The van der Waals surface area contributed by atoms with Crippen LogP contribution >= 0.6 is 11.3 Å². The Morgan fingerprint density at radius 1 is 1.23 bits per heavy atom. The molecule has 31 heavy (non-hydrogen) atoms. The van der Waals surface area contributed by atoms with Crippen molar-refractivity contribution in [3.63, 3.8) is 0 Å². The van der Waals surface area contributed by atoms with Gasteiger partial charge in [0.2, 0.25) is 5.91 Å². The first-order valence-corrected chi connectivity index (χ1v) is 10.7. The number of likely N-dealkylation sites (N-methyl/N-ethyl adjacent to an activating group) is 1. The van der Waals surface area contributed by atoms with Crippen LogP contribution in [0, 0.1) is 0 Å². The molecule has 5 rings (SSSR count). The molecule has 4 heterocycles. The van der Waals surface area contributed by atoms with Crippen molar-refractivity contribution in [3.05, 3.63) is 52.0 Å². The highest BCUT2D eigenvalue weighted by molar-refractivity contribution is 7.17.